The number of rotatable bonds is 6. The Morgan fingerprint density at radius 2 is 2.03 bits per heavy atom. The fraction of sp³-hybridized carbons (Fsp3) is 0.708. The average molecular weight is 474 g/mol. The van der Waals surface area contributed by atoms with Crippen LogP contribution in [-0.2, 0) is 4.74 Å². The van der Waals surface area contributed by atoms with Crippen LogP contribution in [0.4, 0.5) is 5.82 Å². The fourth-order valence-corrected chi connectivity index (χ4v) is 4.86. The minimum Gasteiger partial charge on any atom is -0.394 e. The Kier molecular flexibility index (Phi) is 7.40. The van der Waals surface area contributed by atoms with E-state index in [4.69, 9.17) is 4.74 Å². The lowest BCUT2D eigenvalue weighted by Gasteiger charge is -2.30. The van der Waals surface area contributed by atoms with Crippen LogP contribution in [0.15, 0.2) is 6.33 Å². The number of nitrogens with one attached hydrogen (secondary N) is 1. The molecule has 3 heterocycles. The summed E-state index contributed by atoms with van der Waals surface area (Å²) in [4.78, 5) is 13.6. The van der Waals surface area contributed by atoms with Crippen molar-refractivity contribution in [3.63, 3.8) is 0 Å². The molecule has 0 radical (unpaired) electrons. The molecule has 10 nitrogen and oxygen atoms in total. The fourth-order valence-electron chi connectivity index (χ4n) is 4.86. The number of imidazole rings is 1. The Morgan fingerprint density at radius 3 is 2.68 bits per heavy atom. The van der Waals surface area contributed by atoms with Crippen molar-refractivity contribution >= 4 is 17.0 Å². The first-order chi connectivity index (χ1) is 16.3. The van der Waals surface area contributed by atoms with E-state index in [1.165, 1.54) is 10.9 Å². The molecule has 10 heteroatoms. The van der Waals surface area contributed by atoms with Crippen LogP contribution in [0.3, 0.4) is 0 Å². The maximum absolute atomic E-state index is 10.9. The summed E-state index contributed by atoms with van der Waals surface area (Å²) in [7, 11) is 0. The van der Waals surface area contributed by atoms with Crippen LogP contribution in [0.5, 0.6) is 0 Å². The van der Waals surface area contributed by atoms with Gasteiger partial charge in [-0.3, -0.25) is 4.57 Å². The Morgan fingerprint density at radius 1 is 1.26 bits per heavy atom. The topological polar surface area (TPSA) is 146 Å². The summed E-state index contributed by atoms with van der Waals surface area (Å²) in [5.41, 5.74) is -0.200. The zero-order valence-corrected chi connectivity index (χ0v) is 20.0. The lowest BCUT2D eigenvalue weighted by Crippen LogP contribution is -2.33. The van der Waals surface area contributed by atoms with Gasteiger partial charge in [-0.05, 0) is 43.9 Å². The quantitative estimate of drug-likeness (QED) is 0.392. The van der Waals surface area contributed by atoms with E-state index < -0.39 is 36.7 Å². The van der Waals surface area contributed by atoms with Crippen LogP contribution >= 0.6 is 0 Å². The van der Waals surface area contributed by atoms with Crippen molar-refractivity contribution in [1.29, 1.82) is 0 Å². The van der Waals surface area contributed by atoms with Crippen LogP contribution in [0.1, 0.15) is 71.3 Å². The molecule has 186 valence electrons. The SMILES string of the molecule is CCC(CC)Nc1nc(C#CC2(O)CCCC(C)C2)nc2c1ncn2[C@@H]1O[C@H](CO)C(O)C1O. The van der Waals surface area contributed by atoms with Crippen LogP contribution in [-0.4, -0.2) is 76.5 Å². The third kappa shape index (κ3) is 4.90. The number of nitrogens with zero attached hydrogens (tertiary/aromatic N) is 4. The predicted molar refractivity (Wildman–Crippen MR) is 126 cm³/mol. The lowest BCUT2D eigenvalue weighted by atomic mass is 9.79. The molecular formula is C24H35N5O5. The zero-order valence-electron chi connectivity index (χ0n) is 20.0. The van der Waals surface area contributed by atoms with Crippen LogP contribution in [0.25, 0.3) is 11.2 Å². The minimum atomic E-state index is -1.26. The third-order valence-electron chi connectivity index (χ3n) is 6.92. The van der Waals surface area contributed by atoms with Gasteiger partial charge in [0.05, 0.1) is 12.9 Å². The van der Waals surface area contributed by atoms with Crippen LogP contribution < -0.4 is 5.32 Å². The van der Waals surface area contributed by atoms with Gasteiger partial charge in [0.1, 0.15) is 23.9 Å². The Balaban J connectivity index is 1.76. The van der Waals surface area contributed by atoms with E-state index >= 15 is 0 Å². The molecule has 1 aliphatic carbocycles. The van der Waals surface area contributed by atoms with Crippen molar-refractivity contribution in [3.8, 4) is 11.8 Å². The van der Waals surface area contributed by atoms with Gasteiger partial charge in [-0.25, -0.2) is 15.0 Å². The summed E-state index contributed by atoms with van der Waals surface area (Å²) in [5, 5.41) is 44.6. The summed E-state index contributed by atoms with van der Waals surface area (Å²) in [6, 6.07) is 0.168. The molecule has 5 N–H and O–H groups in total. The second-order valence-electron chi connectivity index (χ2n) is 9.59. The average Bonchev–Trinajstić information content (AvgIpc) is 3.36. The van der Waals surface area contributed by atoms with Crippen LogP contribution in [0.2, 0.25) is 0 Å². The normalized spacial score (nSPS) is 31.6. The largest absolute Gasteiger partial charge is 0.394 e. The second kappa shape index (κ2) is 10.1. The number of hydrogen-bond donors (Lipinski definition) is 5. The van der Waals surface area contributed by atoms with Gasteiger partial charge in [0.2, 0.25) is 5.82 Å². The molecule has 0 bridgehead atoms. The molecule has 2 aromatic rings. The van der Waals surface area contributed by atoms with Gasteiger partial charge in [-0.2, -0.15) is 0 Å². The Bertz CT molecular complexity index is 1060. The standard InChI is InChI=1S/C24H35N5O5/c1-4-15(5-2)26-21-18-22(29(13-25-18)23-20(32)19(31)16(12-30)34-23)28-17(27-21)8-10-24(33)9-6-7-14(3)11-24/h13-16,19-20,23,30-33H,4-7,9,11-12H2,1-3H3,(H,26,27,28)/t14?,16-,19?,20?,23-,24?/m1/s1. The molecule has 2 aliphatic rings. The van der Waals surface area contributed by atoms with E-state index in [1.807, 2.05) is 0 Å². The third-order valence-corrected chi connectivity index (χ3v) is 6.92. The molecule has 4 rings (SSSR count). The van der Waals surface area contributed by atoms with Crippen molar-refractivity contribution in [2.24, 2.45) is 5.92 Å². The van der Waals surface area contributed by atoms with Crippen molar-refractivity contribution in [2.75, 3.05) is 11.9 Å². The van der Waals surface area contributed by atoms with Gasteiger partial charge in [0.15, 0.2) is 23.2 Å². The summed E-state index contributed by atoms with van der Waals surface area (Å²) >= 11 is 0. The monoisotopic (exact) mass is 473 g/mol. The van der Waals surface area contributed by atoms with Gasteiger partial charge in [-0.1, -0.05) is 33.1 Å². The van der Waals surface area contributed by atoms with Crippen molar-refractivity contribution in [2.45, 2.75) is 95.5 Å². The first-order valence-corrected chi connectivity index (χ1v) is 12.2. The van der Waals surface area contributed by atoms with Crippen LogP contribution in [0, 0.1) is 17.8 Å². The van der Waals surface area contributed by atoms with E-state index in [9.17, 15) is 20.4 Å². The zero-order chi connectivity index (χ0) is 24.5. The molecule has 34 heavy (non-hydrogen) atoms. The van der Waals surface area contributed by atoms with Crippen molar-refractivity contribution < 1.29 is 25.2 Å². The first kappa shape index (κ1) is 24.8. The Hall–Kier alpha value is -2.29. The molecule has 0 aromatic carbocycles. The molecule has 6 atom stereocenters. The smallest absolute Gasteiger partial charge is 0.209 e. The number of aliphatic hydroxyl groups excluding tert-OH is 3. The predicted octanol–water partition coefficient (Wildman–Crippen LogP) is 1.33. The molecule has 2 aromatic heterocycles. The summed E-state index contributed by atoms with van der Waals surface area (Å²) < 4.78 is 7.22. The minimum absolute atomic E-state index is 0.168. The summed E-state index contributed by atoms with van der Waals surface area (Å²) in [6.45, 7) is 5.85. The number of aromatic nitrogens is 4. The van der Waals surface area contributed by atoms with Gasteiger partial charge in [-0.15, -0.1) is 0 Å². The van der Waals surface area contributed by atoms with E-state index in [-0.39, 0.29) is 11.9 Å². The van der Waals surface area contributed by atoms with E-state index in [0.29, 0.717) is 35.7 Å². The number of aliphatic hydroxyl groups is 4. The van der Waals surface area contributed by atoms with Crippen molar-refractivity contribution in [1.82, 2.24) is 19.5 Å². The van der Waals surface area contributed by atoms with Gasteiger partial charge < -0.3 is 30.5 Å². The molecule has 2 fully saturated rings. The van der Waals surface area contributed by atoms with Gasteiger partial charge >= 0.3 is 0 Å². The molecule has 0 amide bonds. The number of fused-ring (bicyclic) bond motifs is 1. The molecule has 1 saturated heterocycles. The maximum Gasteiger partial charge on any atom is 0.209 e. The first-order valence-electron chi connectivity index (χ1n) is 12.2. The summed E-state index contributed by atoms with van der Waals surface area (Å²) in [5.74, 6) is 7.10. The van der Waals surface area contributed by atoms with E-state index in [1.54, 1.807) is 0 Å². The number of hydrogen-bond acceptors (Lipinski definition) is 9. The molecule has 1 saturated carbocycles. The Labute approximate surface area is 199 Å². The molecular weight excluding hydrogens is 438 g/mol. The molecule has 1 aliphatic heterocycles. The maximum atomic E-state index is 10.9. The lowest BCUT2D eigenvalue weighted by molar-refractivity contribution is -0.0511. The molecule has 0 spiro atoms. The van der Waals surface area contributed by atoms with Gasteiger partial charge in [0.25, 0.3) is 0 Å². The highest BCUT2D eigenvalue weighted by molar-refractivity contribution is 5.83. The van der Waals surface area contributed by atoms with Gasteiger partial charge in [0, 0.05) is 6.04 Å². The highest BCUT2D eigenvalue weighted by Crippen LogP contribution is 2.33. The van der Waals surface area contributed by atoms with E-state index in [0.717, 1.165) is 25.7 Å². The number of ether oxygens (including phenoxy) is 1. The highest BCUT2D eigenvalue weighted by atomic mass is 16.6. The number of anilines is 1. The molecule has 4 unspecified atom stereocenters. The highest BCUT2D eigenvalue weighted by Gasteiger charge is 2.44. The van der Waals surface area contributed by atoms with E-state index in [2.05, 4.69) is 52.9 Å². The second-order valence-corrected chi connectivity index (χ2v) is 9.59. The summed E-state index contributed by atoms with van der Waals surface area (Å²) in [6.07, 6.45) is 2.09. The van der Waals surface area contributed by atoms with Crippen molar-refractivity contribution in [3.05, 3.63) is 12.2 Å².